The van der Waals surface area contributed by atoms with Crippen molar-refractivity contribution in [3.05, 3.63) is 0 Å². The molecule has 1 amide bonds. The highest BCUT2D eigenvalue weighted by atomic mass is 32.2. The van der Waals surface area contributed by atoms with Crippen LogP contribution in [0.2, 0.25) is 13.1 Å². The smallest absolute Gasteiger partial charge is 0.332 e. The standard InChI is InChI=1S/C14H23NO4S2Si/c1-14(2,3)7(6-19-22(4)5)8-10(16)15-9(12(17)18)13(20)21-11(8)15/h7-9,11,22H,6H2,1-5H3,(H,17,18)/t7-,8+,9?,11+/m0/s1. The molecule has 0 aromatic rings. The van der Waals surface area contributed by atoms with Gasteiger partial charge in [-0.15, -0.1) is 0 Å². The zero-order valence-electron chi connectivity index (χ0n) is 13.5. The summed E-state index contributed by atoms with van der Waals surface area (Å²) in [5, 5.41) is 9.12. The molecule has 0 saturated carbocycles. The van der Waals surface area contributed by atoms with Crippen molar-refractivity contribution in [1.82, 2.24) is 4.90 Å². The minimum Gasteiger partial charge on any atom is -0.479 e. The molecular formula is C14H23NO4S2Si. The number of hydrogen-bond donors (Lipinski definition) is 1. The fourth-order valence-electron chi connectivity index (χ4n) is 2.99. The van der Waals surface area contributed by atoms with Gasteiger partial charge in [-0.3, -0.25) is 4.79 Å². The topological polar surface area (TPSA) is 66.8 Å². The van der Waals surface area contributed by atoms with Crippen LogP contribution in [0.15, 0.2) is 0 Å². The molecule has 2 fully saturated rings. The van der Waals surface area contributed by atoms with Gasteiger partial charge >= 0.3 is 5.97 Å². The molecule has 1 N–H and O–H groups in total. The second-order valence-electron chi connectivity index (χ2n) is 7.19. The maximum atomic E-state index is 12.6. The number of carboxylic acids is 1. The predicted molar refractivity (Wildman–Crippen MR) is 93.5 cm³/mol. The molecule has 0 aromatic heterocycles. The highest BCUT2D eigenvalue weighted by Crippen LogP contribution is 2.51. The Morgan fingerprint density at radius 3 is 2.55 bits per heavy atom. The van der Waals surface area contributed by atoms with E-state index in [-0.39, 0.29) is 28.5 Å². The lowest BCUT2D eigenvalue weighted by molar-refractivity contribution is -0.165. The van der Waals surface area contributed by atoms with Crippen LogP contribution < -0.4 is 0 Å². The zero-order valence-corrected chi connectivity index (χ0v) is 16.3. The summed E-state index contributed by atoms with van der Waals surface area (Å²) in [7, 11) is -1.17. The quantitative estimate of drug-likeness (QED) is 0.459. The Balaban J connectivity index is 2.20. The lowest BCUT2D eigenvalue weighted by Crippen LogP contribution is -2.65. The van der Waals surface area contributed by atoms with Crippen molar-refractivity contribution in [3.63, 3.8) is 0 Å². The summed E-state index contributed by atoms with van der Waals surface area (Å²) < 4.78 is 6.28. The van der Waals surface area contributed by atoms with Gasteiger partial charge in [0.15, 0.2) is 15.1 Å². The summed E-state index contributed by atoms with van der Waals surface area (Å²) in [4.78, 5) is 25.3. The number of hydrogen-bond acceptors (Lipinski definition) is 5. The minimum absolute atomic E-state index is 0.0685. The molecule has 0 aliphatic carbocycles. The molecule has 2 aliphatic heterocycles. The van der Waals surface area contributed by atoms with Gasteiger partial charge < -0.3 is 14.4 Å². The number of amides is 1. The number of fused-ring (bicyclic) bond motifs is 1. The Morgan fingerprint density at radius 1 is 1.50 bits per heavy atom. The summed E-state index contributed by atoms with van der Waals surface area (Å²) in [6.07, 6.45) is 0. The van der Waals surface area contributed by atoms with Gasteiger partial charge in [0, 0.05) is 12.5 Å². The second kappa shape index (κ2) is 6.22. The van der Waals surface area contributed by atoms with E-state index in [1.807, 2.05) is 0 Å². The average molecular weight is 362 g/mol. The number of aliphatic carboxylic acids is 1. The van der Waals surface area contributed by atoms with Crippen molar-refractivity contribution >= 4 is 49.1 Å². The average Bonchev–Trinajstić information content (AvgIpc) is 2.66. The van der Waals surface area contributed by atoms with Crippen LogP contribution in [-0.2, 0) is 14.0 Å². The Labute approximate surface area is 142 Å². The molecule has 22 heavy (non-hydrogen) atoms. The molecule has 0 spiro atoms. The van der Waals surface area contributed by atoms with E-state index in [4.69, 9.17) is 16.6 Å². The Kier molecular flexibility index (Phi) is 5.06. The van der Waals surface area contributed by atoms with Crippen LogP contribution in [0.5, 0.6) is 0 Å². The number of carbonyl (C=O) groups is 2. The maximum absolute atomic E-state index is 12.6. The molecular weight excluding hydrogens is 338 g/mol. The minimum atomic E-state index is -1.17. The molecule has 0 bridgehead atoms. The van der Waals surface area contributed by atoms with Crippen molar-refractivity contribution in [3.8, 4) is 0 Å². The van der Waals surface area contributed by atoms with E-state index in [1.54, 1.807) is 0 Å². The van der Waals surface area contributed by atoms with Crippen molar-refractivity contribution in [1.29, 1.82) is 0 Å². The molecule has 5 nitrogen and oxygen atoms in total. The summed E-state index contributed by atoms with van der Waals surface area (Å²) in [5.41, 5.74) is -0.0841. The van der Waals surface area contributed by atoms with E-state index in [0.717, 1.165) is 0 Å². The van der Waals surface area contributed by atoms with Gasteiger partial charge in [-0.2, -0.15) is 0 Å². The number of carbonyl (C=O) groups excluding carboxylic acids is 1. The highest BCUT2D eigenvalue weighted by Gasteiger charge is 2.62. The molecule has 8 heteroatoms. The first kappa shape index (κ1) is 17.9. The molecule has 0 radical (unpaired) electrons. The van der Waals surface area contributed by atoms with Crippen LogP contribution in [0, 0.1) is 17.3 Å². The van der Waals surface area contributed by atoms with Crippen LogP contribution in [0.4, 0.5) is 0 Å². The van der Waals surface area contributed by atoms with E-state index < -0.39 is 21.1 Å². The number of thiocarbonyl (C=S) groups is 1. The second-order valence-corrected chi connectivity index (χ2v) is 11.5. The number of rotatable bonds is 5. The molecule has 1 unspecified atom stereocenters. The van der Waals surface area contributed by atoms with Gasteiger partial charge in [0.05, 0.1) is 15.5 Å². The Morgan fingerprint density at radius 2 is 2.09 bits per heavy atom. The van der Waals surface area contributed by atoms with Crippen molar-refractivity contribution in [2.45, 2.75) is 45.3 Å². The third kappa shape index (κ3) is 3.11. The summed E-state index contributed by atoms with van der Waals surface area (Å²) in [5.74, 6) is -1.28. The molecule has 4 atom stereocenters. The number of carboxylic acid groups (broad SMARTS) is 1. The Hall–Kier alpha value is -0.443. The molecule has 2 saturated heterocycles. The number of β-lactam (4-membered cyclic amide) rings is 1. The van der Waals surface area contributed by atoms with Crippen LogP contribution in [0.1, 0.15) is 20.8 Å². The van der Waals surface area contributed by atoms with E-state index in [9.17, 15) is 14.7 Å². The molecule has 2 heterocycles. The van der Waals surface area contributed by atoms with Gasteiger partial charge in [0.1, 0.15) is 0 Å². The fourth-order valence-corrected chi connectivity index (χ4v) is 5.47. The van der Waals surface area contributed by atoms with Gasteiger partial charge in [0.25, 0.3) is 0 Å². The lowest BCUT2D eigenvalue weighted by Gasteiger charge is -2.50. The third-order valence-corrected chi connectivity index (χ3v) is 6.84. The summed E-state index contributed by atoms with van der Waals surface area (Å²) in [6, 6.07) is -0.949. The zero-order chi connectivity index (χ0) is 16.8. The third-order valence-electron chi connectivity index (χ3n) is 4.25. The van der Waals surface area contributed by atoms with Gasteiger partial charge in [-0.05, 0) is 18.5 Å². The maximum Gasteiger partial charge on any atom is 0.332 e. The normalized spacial score (nSPS) is 29.5. The first-order chi connectivity index (χ1) is 10.1. The van der Waals surface area contributed by atoms with Crippen LogP contribution in [0.3, 0.4) is 0 Å². The van der Waals surface area contributed by atoms with Gasteiger partial charge in [0.2, 0.25) is 5.91 Å². The summed E-state index contributed by atoms with van der Waals surface area (Å²) >= 11 is 6.52. The van der Waals surface area contributed by atoms with Crippen molar-refractivity contribution < 1.29 is 19.1 Å². The van der Waals surface area contributed by atoms with E-state index >= 15 is 0 Å². The first-order valence-corrected chi connectivity index (χ1v) is 11.5. The van der Waals surface area contributed by atoms with Crippen LogP contribution >= 0.6 is 24.0 Å². The van der Waals surface area contributed by atoms with E-state index in [1.165, 1.54) is 16.7 Å². The predicted octanol–water partition coefficient (Wildman–Crippen LogP) is 1.96. The monoisotopic (exact) mass is 361 g/mol. The molecule has 0 aromatic carbocycles. The van der Waals surface area contributed by atoms with Gasteiger partial charge in [-0.25, -0.2) is 4.79 Å². The largest absolute Gasteiger partial charge is 0.479 e. The number of thioether (sulfide) groups is 1. The SMILES string of the molecule is C[SiH](C)OC[C@@H]([C@@H]1C(=O)N2C(C(=O)O)C(=S)S[C@H]12)C(C)(C)C. The molecule has 124 valence electrons. The van der Waals surface area contributed by atoms with E-state index in [2.05, 4.69) is 33.9 Å². The molecule has 2 aliphatic rings. The van der Waals surface area contributed by atoms with Gasteiger partial charge in [-0.1, -0.05) is 44.8 Å². The first-order valence-electron chi connectivity index (χ1n) is 7.42. The summed E-state index contributed by atoms with van der Waals surface area (Å²) in [6.45, 7) is 11.1. The van der Waals surface area contributed by atoms with E-state index in [0.29, 0.717) is 10.8 Å². The van der Waals surface area contributed by atoms with Crippen molar-refractivity contribution in [2.24, 2.45) is 17.3 Å². The Bertz CT molecular complexity index is 506. The number of nitrogens with zero attached hydrogens (tertiary/aromatic N) is 1. The lowest BCUT2D eigenvalue weighted by atomic mass is 9.70. The van der Waals surface area contributed by atoms with Crippen LogP contribution in [-0.4, -0.2) is 53.1 Å². The fraction of sp³-hybridized carbons (Fsp3) is 0.786. The van der Waals surface area contributed by atoms with Crippen molar-refractivity contribution in [2.75, 3.05) is 6.61 Å². The highest BCUT2D eigenvalue weighted by molar-refractivity contribution is 8.24. The molecule has 2 rings (SSSR count). The van der Waals surface area contributed by atoms with Crippen LogP contribution in [0.25, 0.3) is 0 Å².